The van der Waals surface area contributed by atoms with Crippen LogP contribution < -0.4 is 15.5 Å². The van der Waals surface area contributed by atoms with Gasteiger partial charge in [-0.25, -0.2) is 0 Å². The number of pyridine rings is 1. The lowest BCUT2D eigenvalue weighted by molar-refractivity contribution is -0.114. The summed E-state index contributed by atoms with van der Waals surface area (Å²) in [6.07, 6.45) is 1.79. The van der Waals surface area contributed by atoms with E-state index in [4.69, 9.17) is 12.2 Å². The topological polar surface area (TPSA) is 82.4 Å². The van der Waals surface area contributed by atoms with Crippen molar-refractivity contribution in [3.63, 3.8) is 0 Å². The third-order valence-corrected chi connectivity index (χ3v) is 6.79. The summed E-state index contributed by atoms with van der Waals surface area (Å²) >= 11 is 5.85. The van der Waals surface area contributed by atoms with E-state index in [2.05, 4.69) is 38.1 Å². The number of aromatic hydroxyl groups is 1. The van der Waals surface area contributed by atoms with Gasteiger partial charge >= 0.3 is 0 Å². The highest BCUT2D eigenvalue weighted by atomic mass is 32.1. The molecule has 3 heterocycles. The Kier molecular flexibility index (Phi) is 6.20. The lowest BCUT2D eigenvalue weighted by Gasteiger charge is -2.28. The summed E-state index contributed by atoms with van der Waals surface area (Å²) < 4.78 is 2.07. The molecule has 1 amide bonds. The van der Waals surface area contributed by atoms with E-state index in [1.54, 1.807) is 12.3 Å². The fourth-order valence-electron chi connectivity index (χ4n) is 4.97. The van der Waals surface area contributed by atoms with E-state index in [1.807, 2.05) is 67.6 Å². The number of hydrogen-bond acceptors (Lipinski definition) is 4. The third-order valence-electron chi connectivity index (χ3n) is 6.48. The van der Waals surface area contributed by atoms with Crippen LogP contribution in [-0.2, 0) is 4.79 Å². The lowest BCUT2D eigenvalue weighted by Crippen LogP contribution is -2.29. The van der Waals surface area contributed by atoms with Crippen molar-refractivity contribution in [2.24, 2.45) is 0 Å². The van der Waals surface area contributed by atoms with E-state index < -0.39 is 0 Å². The number of hydrogen-bond donors (Lipinski definition) is 3. The fourth-order valence-corrected chi connectivity index (χ4v) is 5.31. The Labute approximate surface area is 215 Å². The Morgan fingerprint density at radius 2 is 1.78 bits per heavy atom. The van der Waals surface area contributed by atoms with Crippen LogP contribution in [0.3, 0.4) is 0 Å². The van der Waals surface area contributed by atoms with E-state index in [9.17, 15) is 9.90 Å². The van der Waals surface area contributed by atoms with Gasteiger partial charge in [0, 0.05) is 35.9 Å². The minimum atomic E-state index is -0.190. The number of phenols is 1. The highest BCUT2D eigenvalue weighted by Gasteiger charge is 2.42. The van der Waals surface area contributed by atoms with Crippen molar-refractivity contribution in [2.45, 2.75) is 32.9 Å². The SMILES string of the molecule is CC(=O)Nc1ccc(N2C(=S)NC(c3ccccn3)C2c2cc(C)n(-c3ccccc3O)c2C)cc1. The maximum absolute atomic E-state index is 11.5. The molecule has 5 rings (SSSR count). The van der Waals surface area contributed by atoms with Crippen LogP contribution in [0.1, 0.15) is 41.7 Å². The molecule has 1 aliphatic rings. The molecule has 36 heavy (non-hydrogen) atoms. The number of amides is 1. The Balaban J connectivity index is 1.64. The van der Waals surface area contributed by atoms with Gasteiger partial charge in [0.25, 0.3) is 0 Å². The van der Waals surface area contributed by atoms with Crippen molar-refractivity contribution in [3.05, 3.63) is 102 Å². The van der Waals surface area contributed by atoms with E-state index >= 15 is 0 Å². The summed E-state index contributed by atoms with van der Waals surface area (Å²) in [7, 11) is 0. The van der Waals surface area contributed by atoms with Crippen LogP contribution in [0.15, 0.2) is 79.0 Å². The molecule has 0 spiro atoms. The molecule has 2 atom stereocenters. The van der Waals surface area contributed by atoms with Crippen molar-refractivity contribution < 1.29 is 9.90 Å². The molecule has 0 saturated carbocycles. The molecule has 182 valence electrons. The van der Waals surface area contributed by atoms with Crippen molar-refractivity contribution in [3.8, 4) is 11.4 Å². The van der Waals surface area contributed by atoms with Crippen LogP contribution in [0.4, 0.5) is 11.4 Å². The summed E-state index contributed by atoms with van der Waals surface area (Å²) in [5.74, 6) is 0.100. The second-order valence-corrected chi connectivity index (χ2v) is 9.26. The molecule has 4 aromatic rings. The number of anilines is 2. The van der Waals surface area contributed by atoms with Crippen LogP contribution in [0.25, 0.3) is 5.69 Å². The molecule has 8 heteroatoms. The summed E-state index contributed by atoms with van der Waals surface area (Å²) in [5.41, 5.74) is 6.32. The van der Waals surface area contributed by atoms with Crippen LogP contribution in [-0.4, -0.2) is 25.7 Å². The number of nitrogens with zero attached hydrogens (tertiary/aromatic N) is 3. The van der Waals surface area contributed by atoms with Crippen LogP contribution in [0, 0.1) is 13.8 Å². The molecule has 7 nitrogen and oxygen atoms in total. The molecule has 2 aromatic carbocycles. The first kappa shape index (κ1) is 23.6. The maximum Gasteiger partial charge on any atom is 0.221 e. The summed E-state index contributed by atoms with van der Waals surface area (Å²) in [5, 5.41) is 17.5. The average molecular weight is 498 g/mol. The first-order chi connectivity index (χ1) is 17.3. The monoisotopic (exact) mass is 497 g/mol. The zero-order valence-corrected chi connectivity index (χ0v) is 21.1. The standard InChI is InChI=1S/C28H27N5O2S/c1-17-16-22(18(2)32(17)24-9-4-5-10-25(24)35)27-26(23-8-6-7-15-29-23)31-28(36)33(27)21-13-11-20(12-14-21)30-19(3)34/h4-16,26-27,35H,1-3H3,(H,30,34)(H,31,36). The molecule has 2 aromatic heterocycles. The van der Waals surface area contributed by atoms with E-state index in [0.717, 1.165) is 39.7 Å². The van der Waals surface area contributed by atoms with Gasteiger partial charge in [-0.1, -0.05) is 18.2 Å². The number of aromatic nitrogens is 2. The number of phenolic OH excluding ortho intramolecular Hbond substituents is 1. The summed E-state index contributed by atoms with van der Waals surface area (Å²) in [4.78, 5) is 18.2. The number of thiocarbonyl (C=S) groups is 1. The second-order valence-electron chi connectivity index (χ2n) is 8.88. The van der Waals surface area contributed by atoms with Crippen LogP contribution >= 0.6 is 12.2 Å². The Morgan fingerprint density at radius 1 is 1.06 bits per heavy atom. The molecule has 1 aliphatic heterocycles. The van der Waals surface area contributed by atoms with E-state index in [-0.39, 0.29) is 23.7 Å². The highest BCUT2D eigenvalue weighted by Crippen LogP contribution is 2.44. The first-order valence-electron chi connectivity index (χ1n) is 11.7. The van der Waals surface area contributed by atoms with Gasteiger partial charge in [-0.2, -0.15) is 0 Å². The van der Waals surface area contributed by atoms with Crippen molar-refractivity contribution in [1.29, 1.82) is 0 Å². The van der Waals surface area contributed by atoms with Gasteiger partial charge in [0.2, 0.25) is 5.91 Å². The molecule has 2 unspecified atom stereocenters. The first-order valence-corrected chi connectivity index (χ1v) is 12.1. The van der Waals surface area contributed by atoms with Crippen LogP contribution in [0.2, 0.25) is 0 Å². The maximum atomic E-state index is 11.5. The Hall–Kier alpha value is -4.17. The summed E-state index contributed by atoms with van der Waals surface area (Å²) in [6.45, 7) is 5.58. The fraction of sp³-hybridized carbons (Fsp3) is 0.179. The van der Waals surface area contributed by atoms with Gasteiger partial charge in [0.05, 0.1) is 23.5 Å². The zero-order valence-electron chi connectivity index (χ0n) is 20.3. The number of carbonyl (C=O) groups is 1. The number of benzene rings is 2. The summed E-state index contributed by atoms with van der Waals surface area (Å²) in [6, 6.07) is 22.6. The smallest absolute Gasteiger partial charge is 0.221 e. The van der Waals surface area contributed by atoms with Gasteiger partial charge < -0.3 is 25.2 Å². The van der Waals surface area contributed by atoms with Gasteiger partial charge in [-0.05, 0) is 86.2 Å². The molecule has 3 N–H and O–H groups in total. The average Bonchev–Trinajstić information content (AvgIpc) is 3.35. The van der Waals surface area contributed by atoms with E-state index in [0.29, 0.717) is 5.11 Å². The predicted molar refractivity (Wildman–Crippen MR) is 146 cm³/mol. The molecule has 0 aliphatic carbocycles. The molecule has 1 fully saturated rings. The zero-order chi connectivity index (χ0) is 25.4. The number of aryl methyl sites for hydroxylation is 1. The minimum Gasteiger partial charge on any atom is -0.506 e. The molecular formula is C28H27N5O2S. The highest BCUT2D eigenvalue weighted by molar-refractivity contribution is 7.80. The minimum absolute atomic E-state index is 0.120. The Bertz CT molecular complexity index is 1430. The predicted octanol–water partition coefficient (Wildman–Crippen LogP) is 5.33. The third kappa shape index (κ3) is 4.20. The van der Waals surface area contributed by atoms with Gasteiger partial charge in [0.1, 0.15) is 5.75 Å². The largest absolute Gasteiger partial charge is 0.506 e. The molecule has 0 bridgehead atoms. The van der Waals surface area contributed by atoms with Crippen molar-refractivity contribution >= 4 is 34.6 Å². The number of para-hydroxylation sites is 2. The number of nitrogens with one attached hydrogen (secondary N) is 2. The second kappa shape index (κ2) is 9.47. The van der Waals surface area contributed by atoms with Gasteiger partial charge in [0.15, 0.2) is 5.11 Å². The molecule has 1 saturated heterocycles. The number of carbonyl (C=O) groups excluding carboxylic acids is 1. The lowest BCUT2D eigenvalue weighted by atomic mass is 9.96. The van der Waals surface area contributed by atoms with Crippen molar-refractivity contribution in [2.75, 3.05) is 10.2 Å². The van der Waals surface area contributed by atoms with Gasteiger partial charge in [-0.15, -0.1) is 0 Å². The molecule has 0 radical (unpaired) electrons. The van der Waals surface area contributed by atoms with Gasteiger partial charge in [-0.3, -0.25) is 9.78 Å². The van der Waals surface area contributed by atoms with Crippen LogP contribution in [0.5, 0.6) is 5.75 Å². The number of rotatable bonds is 5. The Morgan fingerprint density at radius 3 is 2.44 bits per heavy atom. The quantitative estimate of drug-likeness (QED) is 0.323. The normalized spacial score (nSPS) is 17.2. The molecular weight excluding hydrogens is 470 g/mol. The van der Waals surface area contributed by atoms with E-state index in [1.165, 1.54) is 6.92 Å². The van der Waals surface area contributed by atoms with Crippen molar-refractivity contribution in [1.82, 2.24) is 14.9 Å².